The van der Waals surface area contributed by atoms with E-state index in [1.807, 2.05) is 26.0 Å². The van der Waals surface area contributed by atoms with Crippen LogP contribution in [0.5, 0.6) is 0 Å². The summed E-state index contributed by atoms with van der Waals surface area (Å²) >= 11 is 0. The van der Waals surface area contributed by atoms with Gasteiger partial charge in [-0.05, 0) is 45.4 Å². The molecule has 29 heavy (non-hydrogen) atoms. The van der Waals surface area contributed by atoms with Crippen LogP contribution >= 0.6 is 24.0 Å². The number of aliphatic hydroxyl groups is 1. The van der Waals surface area contributed by atoms with Crippen molar-refractivity contribution in [3.05, 3.63) is 23.7 Å². The molecule has 7 nitrogen and oxygen atoms in total. The Morgan fingerprint density at radius 3 is 2.41 bits per heavy atom. The van der Waals surface area contributed by atoms with Crippen molar-refractivity contribution >= 4 is 29.9 Å². The number of hydrogen-bond acceptors (Lipinski definition) is 5. The Hall–Kier alpha value is -0.840. The number of rotatable bonds is 9. The van der Waals surface area contributed by atoms with Crippen LogP contribution in [-0.4, -0.2) is 79.8 Å². The van der Waals surface area contributed by atoms with E-state index in [2.05, 4.69) is 39.3 Å². The van der Waals surface area contributed by atoms with Gasteiger partial charge in [0.1, 0.15) is 17.1 Å². The van der Waals surface area contributed by atoms with Crippen molar-refractivity contribution in [3.8, 4) is 0 Å². The van der Waals surface area contributed by atoms with E-state index >= 15 is 0 Å². The number of hydrogen-bond donors (Lipinski definition) is 3. The number of piperazine rings is 1. The van der Waals surface area contributed by atoms with Crippen LogP contribution in [0.2, 0.25) is 0 Å². The molecule has 1 saturated heterocycles. The summed E-state index contributed by atoms with van der Waals surface area (Å²) in [6, 6.07) is 3.67. The normalized spacial score (nSPS) is 19.3. The minimum atomic E-state index is -1.12. The summed E-state index contributed by atoms with van der Waals surface area (Å²) in [7, 11) is 0. The van der Waals surface area contributed by atoms with Gasteiger partial charge in [-0.3, -0.25) is 0 Å². The van der Waals surface area contributed by atoms with Crippen LogP contribution in [0.1, 0.15) is 39.2 Å². The molecule has 168 valence electrons. The van der Waals surface area contributed by atoms with Crippen molar-refractivity contribution in [2.24, 2.45) is 10.9 Å². The lowest BCUT2D eigenvalue weighted by molar-refractivity contribution is 0.0428. The molecule has 2 heterocycles. The van der Waals surface area contributed by atoms with Crippen LogP contribution < -0.4 is 10.6 Å². The maximum atomic E-state index is 10.7. The molecule has 2 rings (SSSR count). The number of halogens is 1. The Bertz CT molecular complexity index is 612. The first-order chi connectivity index (χ1) is 13.3. The third kappa shape index (κ3) is 8.82. The summed E-state index contributed by atoms with van der Waals surface area (Å²) < 4.78 is 5.57. The van der Waals surface area contributed by atoms with Gasteiger partial charge in [-0.1, -0.05) is 13.8 Å². The predicted octanol–water partition coefficient (Wildman–Crippen LogP) is 2.24. The Balaban J connectivity index is 0.00000420. The monoisotopic (exact) mass is 521 g/mol. The Morgan fingerprint density at radius 1 is 1.21 bits per heavy atom. The summed E-state index contributed by atoms with van der Waals surface area (Å²) in [5.74, 6) is 2.58. The molecule has 0 radical (unpaired) electrons. The number of aliphatic imine (C=N–C) groups is 1. The summed E-state index contributed by atoms with van der Waals surface area (Å²) in [4.78, 5) is 9.62. The molecule has 1 fully saturated rings. The van der Waals surface area contributed by atoms with Gasteiger partial charge in [0.05, 0.1) is 6.54 Å². The zero-order chi connectivity index (χ0) is 20.6. The highest BCUT2D eigenvalue weighted by atomic mass is 127. The van der Waals surface area contributed by atoms with Crippen molar-refractivity contribution in [1.82, 2.24) is 20.4 Å². The summed E-state index contributed by atoms with van der Waals surface area (Å²) in [6.45, 7) is 18.9. The quantitative estimate of drug-likeness (QED) is 0.263. The molecule has 0 aliphatic carbocycles. The van der Waals surface area contributed by atoms with Crippen LogP contribution in [0.15, 0.2) is 21.5 Å². The summed E-state index contributed by atoms with van der Waals surface area (Å²) in [5, 5.41) is 17.4. The average molecular weight is 521 g/mol. The molecule has 0 spiro atoms. The van der Waals surface area contributed by atoms with Gasteiger partial charge in [0.25, 0.3) is 0 Å². The molecule has 1 aromatic heterocycles. The summed E-state index contributed by atoms with van der Waals surface area (Å²) in [6.07, 6.45) is 0. The largest absolute Gasteiger partial charge is 0.463 e. The number of nitrogens with one attached hydrogen (secondary N) is 2. The minimum Gasteiger partial charge on any atom is -0.463 e. The number of furan rings is 1. The number of nitrogens with zero attached hydrogens (tertiary/aromatic N) is 3. The van der Waals surface area contributed by atoms with Crippen molar-refractivity contribution < 1.29 is 9.52 Å². The van der Waals surface area contributed by atoms with Crippen LogP contribution in [0.4, 0.5) is 0 Å². The van der Waals surface area contributed by atoms with Crippen LogP contribution in [-0.2, 0) is 5.60 Å². The molecular formula is C21H40IN5O2. The highest BCUT2D eigenvalue weighted by molar-refractivity contribution is 14.0. The molecule has 2 atom stereocenters. The molecule has 1 aliphatic rings. The molecule has 8 heteroatoms. The first-order valence-electron chi connectivity index (χ1n) is 10.6. The van der Waals surface area contributed by atoms with E-state index in [0.717, 1.165) is 51.0 Å². The highest BCUT2D eigenvalue weighted by Crippen LogP contribution is 2.23. The SMILES string of the molecule is CCNC(=NCC(C)(O)c1ccc(C)o1)NCC(C)CN1CCN(CC)CC1.I. The lowest BCUT2D eigenvalue weighted by atomic mass is 10.0. The number of aryl methyl sites for hydroxylation is 1. The van der Waals surface area contributed by atoms with Gasteiger partial charge in [0, 0.05) is 45.8 Å². The van der Waals surface area contributed by atoms with Crippen molar-refractivity contribution in [2.45, 2.75) is 40.2 Å². The molecular weight excluding hydrogens is 481 g/mol. The Morgan fingerprint density at radius 2 is 1.86 bits per heavy atom. The van der Waals surface area contributed by atoms with Crippen LogP contribution in [0.3, 0.4) is 0 Å². The van der Waals surface area contributed by atoms with Crippen molar-refractivity contribution in [2.75, 3.05) is 58.9 Å². The maximum absolute atomic E-state index is 10.7. The zero-order valence-corrected chi connectivity index (χ0v) is 21.0. The van der Waals surface area contributed by atoms with Crippen molar-refractivity contribution in [3.63, 3.8) is 0 Å². The Labute approximate surface area is 193 Å². The number of likely N-dealkylation sites (N-methyl/N-ethyl adjacent to an activating group) is 1. The van der Waals surface area contributed by atoms with Gasteiger partial charge in [0.15, 0.2) is 5.96 Å². The average Bonchev–Trinajstić information content (AvgIpc) is 3.12. The third-order valence-electron chi connectivity index (χ3n) is 5.26. The fourth-order valence-corrected chi connectivity index (χ4v) is 3.44. The van der Waals surface area contributed by atoms with E-state index in [9.17, 15) is 5.11 Å². The third-order valence-corrected chi connectivity index (χ3v) is 5.26. The van der Waals surface area contributed by atoms with Crippen LogP contribution in [0, 0.1) is 12.8 Å². The van der Waals surface area contributed by atoms with Gasteiger partial charge in [-0.2, -0.15) is 0 Å². The first kappa shape index (κ1) is 26.2. The number of guanidine groups is 1. The second kappa shape index (κ2) is 12.8. The van der Waals surface area contributed by atoms with Crippen molar-refractivity contribution in [1.29, 1.82) is 0 Å². The standard InChI is InChI=1S/C21H39N5O2.HI/c1-6-22-20(24-16-21(5,27)19-9-8-18(4)28-19)23-14-17(3)15-26-12-10-25(7-2)11-13-26;/h8-9,17,27H,6-7,10-16H2,1-5H3,(H2,22,23,24);1H. The minimum absolute atomic E-state index is 0. The second-order valence-electron chi connectivity index (χ2n) is 8.10. The lowest BCUT2D eigenvalue weighted by Crippen LogP contribution is -2.48. The predicted molar refractivity (Wildman–Crippen MR) is 130 cm³/mol. The second-order valence-corrected chi connectivity index (χ2v) is 8.10. The molecule has 2 unspecified atom stereocenters. The lowest BCUT2D eigenvalue weighted by Gasteiger charge is -2.35. The molecule has 1 aromatic rings. The molecule has 0 bridgehead atoms. The topological polar surface area (TPSA) is 76.3 Å². The first-order valence-corrected chi connectivity index (χ1v) is 10.6. The fraction of sp³-hybridized carbons (Fsp3) is 0.762. The van der Waals surface area contributed by atoms with Crippen LogP contribution in [0.25, 0.3) is 0 Å². The zero-order valence-electron chi connectivity index (χ0n) is 18.7. The van der Waals surface area contributed by atoms with Gasteiger partial charge >= 0.3 is 0 Å². The van der Waals surface area contributed by atoms with Gasteiger partial charge in [0.2, 0.25) is 0 Å². The van der Waals surface area contributed by atoms with E-state index in [4.69, 9.17) is 4.42 Å². The fourth-order valence-electron chi connectivity index (χ4n) is 3.44. The highest BCUT2D eigenvalue weighted by Gasteiger charge is 2.26. The molecule has 0 aromatic carbocycles. The maximum Gasteiger partial charge on any atom is 0.191 e. The van der Waals surface area contributed by atoms with Gasteiger partial charge in [-0.25, -0.2) is 4.99 Å². The molecule has 3 N–H and O–H groups in total. The Kier molecular flexibility index (Phi) is 11.5. The smallest absolute Gasteiger partial charge is 0.191 e. The van der Waals surface area contributed by atoms with E-state index in [1.165, 1.54) is 13.1 Å². The van der Waals surface area contributed by atoms with E-state index in [1.54, 1.807) is 6.92 Å². The van der Waals surface area contributed by atoms with E-state index in [0.29, 0.717) is 11.7 Å². The molecule has 1 aliphatic heterocycles. The molecule has 0 saturated carbocycles. The summed E-state index contributed by atoms with van der Waals surface area (Å²) in [5.41, 5.74) is -1.12. The van der Waals surface area contributed by atoms with Gasteiger partial charge < -0.3 is 30.0 Å². The molecule has 0 amide bonds. The van der Waals surface area contributed by atoms with E-state index < -0.39 is 5.60 Å². The van der Waals surface area contributed by atoms with Gasteiger partial charge in [-0.15, -0.1) is 24.0 Å². The van der Waals surface area contributed by atoms with E-state index in [-0.39, 0.29) is 30.5 Å².